The lowest BCUT2D eigenvalue weighted by molar-refractivity contribution is 0.0378. The van der Waals surface area contributed by atoms with Crippen LogP contribution in [-0.2, 0) is 4.74 Å². The Bertz CT molecular complexity index is 896. The van der Waals surface area contributed by atoms with Gasteiger partial charge in [-0.25, -0.2) is 9.78 Å². The van der Waals surface area contributed by atoms with Crippen molar-refractivity contribution >= 4 is 11.6 Å². The molecule has 1 aliphatic carbocycles. The minimum atomic E-state index is -0.317. The molecule has 122 valence electrons. The number of ether oxygens (including phenoxy) is 1. The summed E-state index contributed by atoms with van der Waals surface area (Å²) in [6.07, 6.45) is 5.90. The molecule has 0 unspecified atom stereocenters. The van der Waals surface area contributed by atoms with Crippen LogP contribution >= 0.6 is 0 Å². The molecule has 5 heteroatoms. The summed E-state index contributed by atoms with van der Waals surface area (Å²) in [6.45, 7) is 3.69. The van der Waals surface area contributed by atoms with Crippen LogP contribution < -0.4 is 0 Å². The maximum atomic E-state index is 12.1. The molecule has 0 saturated heterocycles. The lowest BCUT2D eigenvalue weighted by atomic mass is 10.1. The highest BCUT2D eigenvalue weighted by Gasteiger charge is 2.31. The molecule has 3 aromatic heterocycles. The van der Waals surface area contributed by atoms with E-state index in [9.17, 15) is 4.79 Å². The largest absolute Gasteiger partial charge is 0.459 e. The number of fused-ring (bicyclic) bond motifs is 1. The van der Waals surface area contributed by atoms with E-state index >= 15 is 0 Å². The van der Waals surface area contributed by atoms with Crippen molar-refractivity contribution in [3.63, 3.8) is 0 Å². The van der Waals surface area contributed by atoms with Crippen LogP contribution in [0.5, 0.6) is 0 Å². The van der Waals surface area contributed by atoms with Crippen molar-refractivity contribution in [3.8, 4) is 11.4 Å². The Hall–Kier alpha value is -2.69. The van der Waals surface area contributed by atoms with Crippen LogP contribution in [0.3, 0.4) is 0 Å². The van der Waals surface area contributed by atoms with Crippen molar-refractivity contribution in [2.24, 2.45) is 0 Å². The average Bonchev–Trinajstić information content (AvgIpc) is 3.34. The molecule has 1 saturated carbocycles. The van der Waals surface area contributed by atoms with Gasteiger partial charge >= 0.3 is 5.97 Å². The predicted octanol–water partition coefficient (Wildman–Crippen LogP) is 3.84. The number of carbonyl (C=O) groups is 1. The molecular formula is C19H19N3O2. The zero-order chi connectivity index (χ0) is 16.7. The van der Waals surface area contributed by atoms with Gasteiger partial charge in [-0.2, -0.15) is 0 Å². The van der Waals surface area contributed by atoms with Gasteiger partial charge in [-0.05, 0) is 51.0 Å². The monoisotopic (exact) mass is 321 g/mol. The Morgan fingerprint density at radius 3 is 2.79 bits per heavy atom. The molecule has 1 fully saturated rings. The fraction of sp³-hybridized carbons (Fsp3) is 0.316. The summed E-state index contributed by atoms with van der Waals surface area (Å²) in [7, 11) is 0. The highest BCUT2D eigenvalue weighted by atomic mass is 16.5. The normalized spacial score (nSPS) is 14.3. The summed E-state index contributed by atoms with van der Waals surface area (Å²) in [5, 5.41) is 0. The Balaban J connectivity index is 1.82. The van der Waals surface area contributed by atoms with Gasteiger partial charge in [-0.1, -0.05) is 6.07 Å². The fourth-order valence-electron chi connectivity index (χ4n) is 2.91. The maximum Gasteiger partial charge on any atom is 0.338 e. The van der Waals surface area contributed by atoms with Crippen molar-refractivity contribution in [2.45, 2.75) is 38.7 Å². The maximum absolute atomic E-state index is 12.1. The SMILES string of the molecule is CC(C)OC(=O)c1ccn2c(C3CC3)c(-c3ccccn3)nc2c1. The molecule has 3 heterocycles. The van der Waals surface area contributed by atoms with Gasteiger partial charge in [0.2, 0.25) is 0 Å². The molecule has 24 heavy (non-hydrogen) atoms. The van der Waals surface area contributed by atoms with Gasteiger partial charge in [0, 0.05) is 18.3 Å². The molecule has 5 nitrogen and oxygen atoms in total. The van der Waals surface area contributed by atoms with Gasteiger partial charge in [-0.15, -0.1) is 0 Å². The van der Waals surface area contributed by atoms with Crippen LogP contribution in [0.1, 0.15) is 48.7 Å². The van der Waals surface area contributed by atoms with Gasteiger partial charge in [0.05, 0.1) is 23.1 Å². The first-order valence-electron chi connectivity index (χ1n) is 8.28. The Morgan fingerprint density at radius 2 is 2.12 bits per heavy atom. The summed E-state index contributed by atoms with van der Waals surface area (Å²) in [5.41, 5.74) is 4.25. The number of hydrogen-bond donors (Lipinski definition) is 0. The lowest BCUT2D eigenvalue weighted by Crippen LogP contribution is -2.11. The molecule has 0 radical (unpaired) electrons. The molecule has 0 atom stereocenters. The predicted molar refractivity (Wildman–Crippen MR) is 90.9 cm³/mol. The van der Waals surface area contributed by atoms with E-state index in [0.717, 1.165) is 17.0 Å². The number of rotatable bonds is 4. The van der Waals surface area contributed by atoms with Crippen LogP contribution in [0, 0.1) is 0 Å². The van der Waals surface area contributed by atoms with E-state index < -0.39 is 0 Å². The van der Waals surface area contributed by atoms with Gasteiger partial charge in [0.25, 0.3) is 0 Å². The minimum absolute atomic E-state index is 0.139. The zero-order valence-electron chi connectivity index (χ0n) is 13.8. The van der Waals surface area contributed by atoms with Crippen molar-refractivity contribution in [1.29, 1.82) is 0 Å². The smallest absolute Gasteiger partial charge is 0.338 e. The average molecular weight is 321 g/mol. The van der Waals surface area contributed by atoms with Crippen LogP contribution in [0.4, 0.5) is 0 Å². The first kappa shape index (κ1) is 14.9. The van der Waals surface area contributed by atoms with E-state index in [1.54, 1.807) is 18.3 Å². The van der Waals surface area contributed by atoms with Crippen molar-refractivity contribution in [3.05, 3.63) is 54.0 Å². The number of aromatic nitrogens is 3. The number of pyridine rings is 2. The second kappa shape index (κ2) is 5.74. The van der Waals surface area contributed by atoms with Gasteiger partial charge < -0.3 is 9.14 Å². The standard InChI is InChI=1S/C19H19N3O2/c1-12(2)24-19(23)14-8-10-22-16(11-14)21-17(18(22)13-6-7-13)15-5-3-4-9-20-15/h3-5,8-13H,6-7H2,1-2H3. The highest BCUT2D eigenvalue weighted by Crippen LogP contribution is 2.44. The third-order valence-corrected chi connectivity index (χ3v) is 4.11. The topological polar surface area (TPSA) is 56.5 Å². The summed E-state index contributed by atoms with van der Waals surface area (Å²) >= 11 is 0. The highest BCUT2D eigenvalue weighted by molar-refractivity contribution is 5.90. The second-order valence-electron chi connectivity index (χ2n) is 6.43. The number of esters is 1. The van der Waals surface area contributed by atoms with Crippen LogP contribution in [0.2, 0.25) is 0 Å². The van der Waals surface area contributed by atoms with Crippen molar-refractivity contribution in [1.82, 2.24) is 14.4 Å². The molecule has 3 aromatic rings. The number of carbonyl (C=O) groups excluding carboxylic acids is 1. The number of nitrogens with zero attached hydrogens (tertiary/aromatic N) is 3. The Kier molecular flexibility index (Phi) is 3.56. The van der Waals surface area contributed by atoms with E-state index in [2.05, 4.69) is 9.38 Å². The van der Waals surface area contributed by atoms with Crippen LogP contribution in [0.15, 0.2) is 42.7 Å². The minimum Gasteiger partial charge on any atom is -0.459 e. The first-order valence-corrected chi connectivity index (χ1v) is 8.28. The first-order chi connectivity index (χ1) is 11.6. The molecule has 0 spiro atoms. The third kappa shape index (κ3) is 2.66. The number of imidazole rings is 1. The quantitative estimate of drug-likeness (QED) is 0.685. The van der Waals surface area contributed by atoms with Gasteiger partial charge in [0.1, 0.15) is 11.3 Å². The summed E-state index contributed by atoms with van der Waals surface area (Å²) < 4.78 is 7.36. The lowest BCUT2D eigenvalue weighted by Gasteiger charge is -2.08. The molecule has 1 aliphatic rings. The molecule has 0 aromatic carbocycles. The fourth-order valence-corrected chi connectivity index (χ4v) is 2.91. The van der Waals surface area contributed by atoms with Gasteiger partial charge in [-0.3, -0.25) is 4.98 Å². The Morgan fingerprint density at radius 1 is 1.29 bits per heavy atom. The van der Waals surface area contributed by atoms with E-state index in [1.165, 1.54) is 18.5 Å². The third-order valence-electron chi connectivity index (χ3n) is 4.11. The van der Waals surface area contributed by atoms with E-state index in [4.69, 9.17) is 9.72 Å². The Labute approximate surface area is 140 Å². The second-order valence-corrected chi connectivity index (χ2v) is 6.43. The molecular weight excluding hydrogens is 302 g/mol. The van der Waals surface area contributed by atoms with E-state index in [0.29, 0.717) is 11.5 Å². The molecule has 0 aliphatic heterocycles. The van der Waals surface area contributed by atoms with Crippen molar-refractivity contribution < 1.29 is 9.53 Å². The molecule has 4 rings (SSSR count). The summed E-state index contributed by atoms with van der Waals surface area (Å²) in [4.78, 5) is 21.3. The van der Waals surface area contributed by atoms with Crippen LogP contribution in [0.25, 0.3) is 17.0 Å². The molecule has 0 N–H and O–H groups in total. The number of hydrogen-bond acceptors (Lipinski definition) is 4. The van der Waals surface area contributed by atoms with Crippen LogP contribution in [-0.4, -0.2) is 26.4 Å². The summed E-state index contributed by atoms with van der Waals surface area (Å²) in [5.74, 6) is 0.202. The van der Waals surface area contributed by atoms with E-state index in [1.807, 2.05) is 38.2 Å². The molecule has 0 bridgehead atoms. The summed E-state index contributed by atoms with van der Waals surface area (Å²) in [6, 6.07) is 9.43. The molecule has 0 amide bonds. The van der Waals surface area contributed by atoms with Crippen molar-refractivity contribution in [2.75, 3.05) is 0 Å². The zero-order valence-corrected chi connectivity index (χ0v) is 13.8. The van der Waals surface area contributed by atoms with E-state index in [-0.39, 0.29) is 12.1 Å². The van der Waals surface area contributed by atoms with Gasteiger partial charge in [0.15, 0.2) is 0 Å².